The third-order valence-corrected chi connectivity index (χ3v) is 13.5. The highest BCUT2D eigenvalue weighted by Crippen LogP contribution is 2.55. The van der Waals surface area contributed by atoms with Crippen LogP contribution in [0.2, 0.25) is 0 Å². The van der Waals surface area contributed by atoms with Crippen molar-refractivity contribution in [2.45, 2.75) is 32.5 Å². The van der Waals surface area contributed by atoms with Crippen molar-refractivity contribution in [1.82, 2.24) is 4.57 Å². The fourth-order valence-electron chi connectivity index (χ4n) is 10.6. The second kappa shape index (κ2) is 13.3. The van der Waals surface area contributed by atoms with Crippen LogP contribution in [0.5, 0.6) is 5.75 Å². The lowest BCUT2D eigenvalue weighted by Gasteiger charge is -2.32. The van der Waals surface area contributed by atoms with Gasteiger partial charge in [-0.3, -0.25) is 0 Å². The van der Waals surface area contributed by atoms with Crippen molar-refractivity contribution in [3.63, 3.8) is 0 Å². The molecule has 298 valence electrons. The summed E-state index contributed by atoms with van der Waals surface area (Å²) < 4.78 is 24.6. The predicted molar refractivity (Wildman–Crippen MR) is 254 cm³/mol. The number of fused-ring (bicyclic) bond motifs is 5. The summed E-state index contributed by atoms with van der Waals surface area (Å²) in [6, 6.07) is 70.1. The van der Waals surface area contributed by atoms with Crippen LogP contribution in [0.3, 0.4) is 0 Å². The first-order valence-corrected chi connectivity index (χ1v) is 21.8. The minimum atomic E-state index is -1.10. The van der Waals surface area contributed by atoms with E-state index in [1.165, 1.54) is 16.7 Å². The van der Waals surface area contributed by atoms with Gasteiger partial charge in [-0.2, -0.15) is 4.57 Å². The smallest absolute Gasteiger partial charge is 0.392 e. The largest absolute Gasteiger partial charge is 0.499 e. The first-order chi connectivity index (χ1) is 31.3. The number of benzene rings is 8. The molecule has 5 heterocycles. The zero-order valence-corrected chi connectivity index (χ0v) is 35.3. The predicted octanol–water partition coefficient (Wildman–Crippen LogP) is 13.5. The second-order valence-corrected chi connectivity index (χ2v) is 17.4. The zero-order valence-electron chi connectivity index (χ0n) is 36.3. The van der Waals surface area contributed by atoms with Gasteiger partial charge in [-0.05, 0) is 106 Å². The van der Waals surface area contributed by atoms with Gasteiger partial charge >= 0.3 is 11.7 Å². The van der Waals surface area contributed by atoms with E-state index in [-0.39, 0.29) is 0 Å². The number of aromatic nitrogens is 3. The molecule has 1 unspecified atom stereocenters. The molecule has 0 fully saturated rings. The standard InChI is InChI=1S/C59H43N3O/c1-37(2)47-35-49(42-20-11-6-12-21-42)54(36-48(47)41-18-9-5-10-19-41)61-52-24-15-23-45-50-32-44(39-16-7-4-8-17-39)33-51-53-34-43(40-28-26-38(3)27-29-40)30-31-60(53)59(56(50)51)62(57(45)52)58(61)46-22-13-14-25-55(46)63-59/h4-37H,1-3H3/q+2/i37D. The molecule has 63 heavy (non-hydrogen) atoms. The van der Waals surface area contributed by atoms with Gasteiger partial charge in [-0.15, -0.1) is 9.13 Å². The highest BCUT2D eigenvalue weighted by Gasteiger charge is 2.68. The van der Waals surface area contributed by atoms with E-state index >= 15 is 0 Å². The Bertz CT molecular complexity index is 3550. The number of hydrogen-bond acceptors (Lipinski definition) is 1. The zero-order chi connectivity index (χ0) is 42.9. The van der Waals surface area contributed by atoms with Crippen LogP contribution in [0.15, 0.2) is 200 Å². The van der Waals surface area contributed by atoms with Crippen LogP contribution in [0, 0.1) is 6.92 Å². The highest BCUT2D eigenvalue weighted by atomic mass is 16.5. The van der Waals surface area contributed by atoms with Crippen molar-refractivity contribution < 1.29 is 15.2 Å². The van der Waals surface area contributed by atoms with Gasteiger partial charge in [0.1, 0.15) is 22.6 Å². The monoisotopic (exact) mass is 810 g/mol. The van der Waals surface area contributed by atoms with Gasteiger partial charge in [0, 0.05) is 30.2 Å². The first-order valence-electron chi connectivity index (χ1n) is 22.3. The number of nitrogens with zero attached hydrogens (tertiary/aromatic N) is 3. The summed E-state index contributed by atoms with van der Waals surface area (Å²) in [5.41, 5.74) is 21.0. The molecule has 13 rings (SSSR count). The molecule has 0 amide bonds. The SMILES string of the molecule is [2H]C(C)(C)c1cc(-c2ccccc2)c(-n2c3[n+]4c5c(cccc52)-c2cc(-c5ccccc5)cc5c2C4(Oc2ccccc2-3)[n+]2ccc(-c3ccc(C)cc3)cc2-5)cc1-c1ccccc1. The third kappa shape index (κ3) is 5.03. The Kier molecular flexibility index (Phi) is 7.38. The van der Waals surface area contributed by atoms with Gasteiger partial charge in [-0.1, -0.05) is 153 Å². The molecule has 3 aliphatic heterocycles. The van der Waals surface area contributed by atoms with Gasteiger partial charge in [0.25, 0.3) is 0 Å². The minimum Gasteiger partial charge on any atom is -0.392 e. The van der Waals surface area contributed by atoms with Crippen LogP contribution in [0.25, 0.3) is 95.0 Å². The molecular weight excluding hydrogens is 767 g/mol. The van der Waals surface area contributed by atoms with Gasteiger partial charge in [-0.25, -0.2) is 0 Å². The Morgan fingerprint density at radius 3 is 1.89 bits per heavy atom. The number of ether oxygens (including phenoxy) is 1. The summed E-state index contributed by atoms with van der Waals surface area (Å²) in [5.74, 6) is -0.127. The van der Waals surface area contributed by atoms with E-state index in [9.17, 15) is 1.37 Å². The quantitative estimate of drug-likeness (QED) is 0.153. The van der Waals surface area contributed by atoms with Crippen LogP contribution >= 0.6 is 0 Å². The molecule has 0 radical (unpaired) electrons. The number of para-hydroxylation sites is 2. The van der Waals surface area contributed by atoms with Crippen molar-refractivity contribution in [2.24, 2.45) is 0 Å². The van der Waals surface area contributed by atoms with E-state index in [2.05, 4.69) is 221 Å². The Morgan fingerprint density at radius 1 is 0.524 bits per heavy atom. The summed E-state index contributed by atoms with van der Waals surface area (Å²) >= 11 is 0. The molecule has 0 saturated carbocycles. The molecule has 0 N–H and O–H groups in total. The van der Waals surface area contributed by atoms with Crippen LogP contribution in [-0.4, -0.2) is 4.57 Å². The Morgan fingerprint density at radius 2 is 1.16 bits per heavy atom. The van der Waals surface area contributed by atoms with E-state index in [0.717, 1.165) is 101 Å². The molecule has 4 nitrogen and oxygen atoms in total. The van der Waals surface area contributed by atoms with Crippen molar-refractivity contribution in [3.8, 4) is 89.7 Å². The average molecular weight is 811 g/mol. The maximum Gasteiger partial charge on any atom is 0.499 e. The molecule has 8 aromatic carbocycles. The summed E-state index contributed by atoms with van der Waals surface area (Å²) in [6.45, 7) is 6.13. The lowest BCUT2D eigenvalue weighted by molar-refractivity contribution is -0.997. The van der Waals surface area contributed by atoms with Gasteiger partial charge in [0.15, 0.2) is 17.2 Å². The molecule has 10 aromatic rings. The number of hydrogen-bond donors (Lipinski definition) is 0. The molecule has 4 heteroatoms. The topological polar surface area (TPSA) is 21.9 Å². The number of rotatable bonds is 6. The fourth-order valence-corrected chi connectivity index (χ4v) is 10.6. The Hall–Kier alpha value is -7.82. The van der Waals surface area contributed by atoms with Crippen LogP contribution in [0.1, 0.15) is 37.8 Å². The lowest BCUT2D eigenvalue weighted by atomic mass is 9.85. The number of imidazole rings is 1. The maximum atomic E-state index is 9.54. The Labute approximate surface area is 368 Å². The summed E-state index contributed by atoms with van der Waals surface area (Å²) in [5, 5.41) is 0. The molecule has 3 aliphatic rings. The molecular formula is C59H43N3O+2. The molecule has 1 atom stereocenters. The van der Waals surface area contributed by atoms with Gasteiger partial charge < -0.3 is 4.74 Å². The molecule has 1 spiro atoms. The highest BCUT2D eigenvalue weighted by molar-refractivity contribution is 6.00. The van der Waals surface area contributed by atoms with E-state index in [0.29, 0.717) is 0 Å². The molecule has 0 aliphatic carbocycles. The summed E-state index contributed by atoms with van der Waals surface area (Å²) in [4.78, 5) is 0. The van der Waals surface area contributed by atoms with E-state index in [4.69, 9.17) is 4.74 Å². The Balaban J connectivity index is 1.21. The number of aryl methyl sites for hydroxylation is 1. The lowest BCUT2D eigenvalue weighted by Crippen LogP contribution is -2.78. The van der Waals surface area contributed by atoms with Crippen LogP contribution in [-0.2, 0) is 5.85 Å². The van der Waals surface area contributed by atoms with Crippen LogP contribution < -0.4 is 13.9 Å². The van der Waals surface area contributed by atoms with Gasteiger partial charge in [0.2, 0.25) is 5.69 Å². The van der Waals surface area contributed by atoms with E-state index in [1.54, 1.807) is 0 Å². The normalized spacial score (nSPS) is 15.3. The van der Waals surface area contributed by atoms with E-state index < -0.39 is 11.7 Å². The number of pyridine rings is 1. The van der Waals surface area contributed by atoms with Crippen LogP contribution in [0.4, 0.5) is 0 Å². The van der Waals surface area contributed by atoms with E-state index in [1.807, 2.05) is 13.8 Å². The van der Waals surface area contributed by atoms with Crippen molar-refractivity contribution in [1.29, 1.82) is 0 Å². The summed E-state index contributed by atoms with van der Waals surface area (Å²) in [7, 11) is 0. The first kappa shape index (κ1) is 34.8. The third-order valence-electron chi connectivity index (χ3n) is 13.5. The average Bonchev–Trinajstić information content (AvgIpc) is 3.83. The van der Waals surface area contributed by atoms with Gasteiger partial charge in [0.05, 0.1) is 5.56 Å². The maximum absolute atomic E-state index is 9.54. The molecule has 0 bridgehead atoms. The van der Waals surface area contributed by atoms with Crippen molar-refractivity contribution in [2.75, 3.05) is 0 Å². The second-order valence-electron chi connectivity index (χ2n) is 17.4. The van der Waals surface area contributed by atoms with Crippen molar-refractivity contribution >= 4 is 11.0 Å². The summed E-state index contributed by atoms with van der Waals surface area (Å²) in [6.07, 6.45) is 2.24. The minimum absolute atomic E-state index is 0.815. The molecule has 0 saturated heterocycles. The molecule has 2 aromatic heterocycles. The van der Waals surface area contributed by atoms with Crippen molar-refractivity contribution in [3.05, 3.63) is 217 Å². The fraction of sp³-hybridized carbons (Fsp3) is 0.0847.